The van der Waals surface area contributed by atoms with Gasteiger partial charge in [0, 0.05) is 0 Å². The summed E-state index contributed by atoms with van der Waals surface area (Å²) in [5.74, 6) is 0. The summed E-state index contributed by atoms with van der Waals surface area (Å²) in [6, 6.07) is 3.19. The molecule has 0 amide bonds. The van der Waals surface area contributed by atoms with Gasteiger partial charge in [-0.2, -0.15) is 14.7 Å². The maximum Gasteiger partial charge on any atom is 0.306 e. The van der Waals surface area contributed by atoms with Crippen molar-refractivity contribution in [3.05, 3.63) is 0 Å². The first-order valence-corrected chi connectivity index (χ1v) is 3.23. The smallest absolute Gasteiger partial charge is 0.253 e. The topological polar surface area (TPSA) is 83.1 Å². The molecule has 0 spiro atoms. The van der Waals surface area contributed by atoms with Gasteiger partial charge in [0.25, 0.3) is 0 Å². The minimum absolute atomic E-state index is 0.308. The molecule has 0 aliphatic carbocycles. The van der Waals surface area contributed by atoms with Gasteiger partial charge in [-0.1, -0.05) is 0 Å². The molecule has 10 heavy (non-hydrogen) atoms. The molecule has 0 aromatic carbocycles. The fourth-order valence-electron chi connectivity index (χ4n) is 0.183. The molecule has 0 saturated heterocycles. The molecule has 0 fully saturated rings. The molecule has 0 N–H and O–H groups in total. The highest BCUT2D eigenvalue weighted by atomic mass is 32.2. The van der Waals surface area contributed by atoms with Crippen LogP contribution in [0.5, 0.6) is 0 Å². The first-order valence-electron chi connectivity index (χ1n) is 2.23. The highest BCUT2D eigenvalue weighted by Gasteiger charge is 1.97. The van der Waals surface area contributed by atoms with E-state index in [1.165, 1.54) is 0 Å². The zero-order valence-electron chi connectivity index (χ0n) is 4.94. The lowest BCUT2D eigenvalue weighted by Gasteiger charge is -1.93. The van der Waals surface area contributed by atoms with E-state index in [1.54, 1.807) is 12.1 Å². The minimum Gasteiger partial charge on any atom is -0.253 e. The Morgan fingerprint density at radius 2 is 1.60 bits per heavy atom. The molecule has 0 saturated carbocycles. The normalized spacial score (nSPS) is 8.70. The van der Waals surface area contributed by atoms with E-state index in [1.807, 2.05) is 0 Å². The average Bonchev–Trinajstić information content (AvgIpc) is 1.97. The van der Waals surface area contributed by atoms with Gasteiger partial charge in [0.15, 0.2) is 13.2 Å². The van der Waals surface area contributed by atoms with Crippen molar-refractivity contribution in [1.82, 2.24) is 0 Å². The second-order valence-electron chi connectivity index (χ2n) is 1.04. The third-order valence-corrected chi connectivity index (χ3v) is 1.06. The van der Waals surface area contributed by atoms with E-state index in [2.05, 4.69) is 8.37 Å². The van der Waals surface area contributed by atoms with Gasteiger partial charge >= 0.3 is 11.4 Å². The van der Waals surface area contributed by atoms with Crippen molar-refractivity contribution in [3.63, 3.8) is 0 Å². The number of nitriles is 2. The maximum atomic E-state index is 10.3. The third-order valence-electron chi connectivity index (χ3n) is 0.439. The first-order chi connectivity index (χ1) is 4.81. The lowest BCUT2D eigenvalue weighted by atomic mass is 10.9. The molecule has 0 aliphatic rings. The molecule has 0 heterocycles. The number of hydrogen-bond donors (Lipinski definition) is 0. The molecule has 0 rings (SSSR count). The summed E-state index contributed by atoms with van der Waals surface area (Å²) in [5.41, 5.74) is 0. The van der Waals surface area contributed by atoms with E-state index >= 15 is 0 Å². The van der Waals surface area contributed by atoms with Crippen LogP contribution in [0.4, 0.5) is 0 Å². The fourth-order valence-corrected chi connectivity index (χ4v) is 0.549. The summed E-state index contributed by atoms with van der Waals surface area (Å²) >= 11 is -1.96. The Labute approximate surface area is 60.6 Å². The molecule has 0 aliphatic heterocycles. The molecule has 0 aromatic heterocycles. The average molecular weight is 160 g/mol. The summed E-state index contributed by atoms with van der Waals surface area (Å²) in [4.78, 5) is 0. The molecule has 0 atom stereocenters. The molecular formula is C4H4N2O3S. The summed E-state index contributed by atoms with van der Waals surface area (Å²) in [6.07, 6.45) is 0. The van der Waals surface area contributed by atoms with Gasteiger partial charge < -0.3 is 0 Å². The molecule has 0 aromatic rings. The standard InChI is InChI=1S/C4H4N2O3S/c5-1-3-8-10(7)9-4-2-6/h3-4H2. The Kier molecular flexibility index (Phi) is 5.59. The Bertz CT molecular complexity index is 172. The largest absolute Gasteiger partial charge is 0.306 e. The molecule has 0 radical (unpaired) electrons. The van der Waals surface area contributed by atoms with Crippen molar-refractivity contribution in [2.45, 2.75) is 0 Å². The van der Waals surface area contributed by atoms with Crippen molar-refractivity contribution in [1.29, 1.82) is 10.5 Å². The Morgan fingerprint density at radius 1 is 1.20 bits per heavy atom. The number of nitrogens with zero attached hydrogens (tertiary/aromatic N) is 2. The number of hydrogen-bond acceptors (Lipinski definition) is 5. The van der Waals surface area contributed by atoms with E-state index in [9.17, 15) is 4.21 Å². The van der Waals surface area contributed by atoms with Crippen LogP contribution in [0.15, 0.2) is 0 Å². The predicted octanol–water partition coefficient (Wildman–Crippen LogP) is -0.355. The van der Waals surface area contributed by atoms with Crippen molar-refractivity contribution >= 4 is 11.4 Å². The highest BCUT2D eigenvalue weighted by Crippen LogP contribution is 1.86. The van der Waals surface area contributed by atoms with Crippen LogP contribution in [0.1, 0.15) is 0 Å². The summed E-state index contributed by atoms with van der Waals surface area (Å²) < 4.78 is 18.8. The van der Waals surface area contributed by atoms with Gasteiger partial charge in [-0.25, -0.2) is 0 Å². The van der Waals surface area contributed by atoms with Gasteiger partial charge in [0.1, 0.15) is 0 Å². The van der Waals surface area contributed by atoms with E-state index in [0.29, 0.717) is 0 Å². The lowest BCUT2D eigenvalue weighted by Crippen LogP contribution is -2.02. The summed E-state index contributed by atoms with van der Waals surface area (Å²) in [6.45, 7) is -0.615. The maximum absolute atomic E-state index is 10.3. The van der Waals surface area contributed by atoms with Crippen LogP contribution in [0.3, 0.4) is 0 Å². The Morgan fingerprint density at radius 3 is 1.90 bits per heavy atom. The molecule has 54 valence electrons. The predicted molar refractivity (Wildman–Crippen MR) is 31.3 cm³/mol. The van der Waals surface area contributed by atoms with E-state index in [0.717, 1.165) is 0 Å². The van der Waals surface area contributed by atoms with Gasteiger partial charge in [-0.3, -0.25) is 8.37 Å². The van der Waals surface area contributed by atoms with Gasteiger partial charge in [-0.15, -0.1) is 0 Å². The van der Waals surface area contributed by atoms with Crippen molar-refractivity contribution in [2.75, 3.05) is 13.2 Å². The second kappa shape index (κ2) is 6.17. The quantitative estimate of drug-likeness (QED) is 0.561. The minimum atomic E-state index is -1.96. The van der Waals surface area contributed by atoms with Crippen LogP contribution < -0.4 is 0 Å². The molecule has 0 unspecified atom stereocenters. The van der Waals surface area contributed by atoms with Gasteiger partial charge in [0.05, 0.1) is 12.1 Å². The highest BCUT2D eigenvalue weighted by molar-refractivity contribution is 7.75. The number of rotatable bonds is 4. The van der Waals surface area contributed by atoms with Crippen molar-refractivity contribution in [2.24, 2.45) is 0 Å². The summed E-state index contributed by atoms with van der Waals surface area (Å²) in [5, 5.41) is 15.8. The molecule has 5 nitrogen and oxygen atoms in total. The van der Waals surface area contributed by atoms with E-state index < -0.39 is 11.4 Å². The monoisotopic (exact) mass is 160 g/mol. The van der Waals surface area contributed by atoms with Crippen molar-refractivity contribution in [3.8, 4) is 12.1 Å². The molecular weight excluding hydrogens is 156 g/mol. The zero-order valence-corrected chi connectivity index (χ0v) is 5.76. The van der Waals surface area contributed by atoms with E-state index in [4.69, 9.17) is 10.5 Å². The Balaban J connectivity index is 3.30. The van der Waals surface area contributed by atoms with Crippen LogP contribution >= 0.6 is 0 Å². The third kappa shape index (κ3) is 5.19. The van der Waals surface area contributed by atoms with Gasteiger partial charge in [0.2, 0.25) is 0 Å². The molecule has 6 heteroatoms. The van der Waals surface area contributed by atoms with Gasteiger partial charge in [-0.05, 0) is 0 Å². The zero-order chi connectivity index (χ0) is 7.82. The summed E-state index contributed by atoms with van der Waals surface area (Å²) in [7, 11) is 0. The fraction of sp³-hybridized carbons (Fsp3) is 0.500. The van der Waals surface area contributed by atoms with Crippen LogP contribution in [0.2, 0.25) is 0 Å². The van der Waals surface area contributed by atoms with Crippen molar-refractivity contribution < 1.29 is 12.6 Å². The van der Waals surface area contributed by atoms with Crippen LogP contribution in [-0.4, -0.2) is 17.4 Å². The van der Waals surface area contributed by atoms with Crippen LogP contribution in [-0.2, 0) is 19.7 Å². The van der Waals surface area contributed by atoms with Crippen LogP contribution in [0, 0.1) is 22.7 Å². The molecule has 0 bridgehead atoms. The lowest BCUT2D eigenvalue weighted by molar-refractivity contribution is 0.293. The first kappa shape index (κ1) is 9.05. The second-order valence-corrected chi connectivity index (χ2v) is 1.92. The Hall–Kier alpha value is -0.950. The van der Waals surface area contributed by atoms with E-state index in [-0.39, 0.29) is 13.2 Å². The SMILES string of the molecule is N#CCOS(=O)OCC#N. The van der Waals surface area contributed by atoms with Crippen LogP contribution in [0.25, 0.3) is 0 Å².